The molecule has 0 saturated carbocycles. The molecule has 1 atom stereocenters. The van der Waals surface area contributed by atoms with Gasteiger partial charge in [0.05, 0.1) is 5.56 Å². The highest BCUT2D eigenvalue weighted by Gasteiger charge is 2.35. The van der Waals surface area contributed by atoms with Crippen LogP contribution in [0.25, 0.3) is 0 Å². The van der Waals surface area contributed by atoms with Gasteiger partial charge in [0.15, 0.2) is 0 Å². The summed E-state index contributed by atoms with van der Waals surface area (Å²) in [7, 11) is 0. The van der Waals surface area contributed by atoms with Gasteiger partial charge in [0, 0.05) is 10.5 Å². The summed E-state index contributed by atoms with van der Waals surface area (Å²) < 4.78 is 40.0. The highest BCUT2D eigenvalue weighted by molar-refractivity contribution is 9.10. The summed E-state index contributed by atoms with van der Waals surface area (Å²) in [5, 5.41) is 3.12. The zero-order valence-corrected chi connectivity index (χ0v) is 13.2. The number of nitrogens with one attached hydrogen (secondary N) is 1. The van der Waals surface area contributed by atoms with Crippen LogP contribution in [-0.2, 0) is 6.18 Å². The second kappa shape index (κ2) is 7.27. The second-order valence-electron chi connectivity index (χ2n) is 4.65. The highest BCUT2D eigenvalue weighted by Crippen LogP contribution is 2.37. The molecule has 0 heterocycles. The van der Waals surface area contributed by atoms with E-state index in [0.717, 1.165) is 18.1 Å². The Kier molecular flexibility index (Phi) is 6.27. The van der Waals surface area contributed by atoms with Crippen LogP contribution in [-0.4, -0.2) is 6.54 Å². The second-order valence-corrected chi connectivity index (χ2v) is 5.56. The molecule has 0 fully saturated rings. The van der Waals surface area contributed by atoms with Gasteiger partial charge >= 0.3 is 6.18 Å². The van der Waals surface area contributed by atoms with Crippen LogP contribution in [0.15, 0.2) is 34.8 Å². The Morgan fingerprint density at radius 1 is 1.35 bits per heavy atom. The van der Waals surface area contributed by atoms with Crippen LogP contribution in [0.5, 0.6) is 0 Å². The third-order valence-electron chi connectivity index (χ3n) is 3.14. The first-order chi connectivity index (χ1) is 9.29. The number of hydrogen-bond acceptors (Lipinski definition) is 1. The van der Waals surface area contributed by atoms with E-state index >= 15 is 0 Å². The zero-order chi connectivity index (χ0) is 15.3. The first kappa shape index (κ1) is 17.2. The average molecular weight is 350 g/mol. The molecule has 0 radical (unpaired) electrons. The van der Waals surface area contributed by atoms with Gasteiger partial charge in [-0.3, -0.25) is 0 Å². The Labute approximate surface area is 126 Å². The maximum atomic E-state index is 13.2. The van der Waals surface area contributed by atoms with Crippen molar-refractivity contribution in [2.24, 2.45) is 0 Å². The fourth-order valence-electron chi connectivity index (χ4n) is 2.05. The van der Waals surface area contributed by atoms with Crippen molar-refractivity contribution in [1.82, 2.24) is 5.32 Å². The van der Waals surface area contributed by atoms with E-state index in [-0.39, 0.29) is 11.6 Å². The highest BCUT2D eigenvalue weighted by atomic mass is 79.9. The lowest BCUT2D eigenvalue weighted by Gasteiger charge is -2.23. The monoisotopic (exact) mass is 349 g/mol. The third kappa shape index (κ3) is 4.63. The molecule has 1 aromatic rings. The average Bonchev–Trinajstić information content (AvgIpc) is 2.37. The van der Waals surface area contributed by atoms with Crippen LogP contribution in [0.4, 0.5) is 13.2 Å². The van der Waals surface area contributed by atoms with Gasteiger partial charge in [-0.1, -0.05) is 48.0 Å². The molecule has 0 amide bonds. The van der Waals surface area contributed by atoms with E-state index in [1.807, 2.05) is 13.8 Å². The van der Waals surface area contributed by atoms with E-state index in [1.165, 1.54) is 6.07 Å². The molecule has 20 heavy (non-hydrogen) atoms. The van der Waals surface area contributed by atoms with E-state index in [4.69, 9.17) is 0 Å². The first-order valence-electron chi connectivity index (χ1n) is 6.56. The van der Waals surface area contributed by atoms with E-state index in [9.17, 15) is 13.2 Å². The molecule has 0 aromatic heterocycles. The van der Waals surface area contributed by atoms with Gasteiger partial charge in [0.1, 0.15) is 0 Å². The minimum absolute atomic E-state index is 0.275. The van der Waals surface area contributed by atoms with Crippen LogP contribution in [0.2, 0.25) is 0 Å². The van der Waals surface area contributed by atoms with Gasteiger partial charge in [-0.25, -0.2) is 0 Å². The van der Waals surface area contributed by atoms with Crippen molar-refractivity contribution in [2.75, 3.05) is 6.54 Å². The van der Waals surface area contributed by atoms with Gasteiger partial charge in [-0.05, 0) is 37.1 Å². The van der Waals surface area contributed by atoms with E-state index in [1.54, 1.807) is 6.07 Å². The Morgan fingerprint density at radius 3 is 2.50 bits per heavy atom. The topological polar surface area (TPSA) is 12.0 Å². The summed E-state index contributed by atoms with van der Waals surface area (Å²) in [6.07, 6.45) is -3.09. The number of alkyl halides is 3. The first-order valence-corrected chi connectivity index (χ1v) is 7.35. The molecule has 0 saturated heterocycles. The summed E-state index contributed by atoms with van der Waals surface area (Å²) >= 11 is 3.10. The summed E-state index contributed by atoms with van der Waals surface area (Å²) in [5.74, 6) is 0. The van der Waals surface area contributed by atoms with Gasteiger partial charge in [0.2, 0.25) is 0 Å². The Morgan fingerprint density at radius 2 is 2.00 bits per heavy atom. The molecule has 0 spiro atoms. The Bertz CT molecular complexity index is 469. The molecule has 1 aromatic carbocycles. The number of halogens is 4. The lowest BCUT2D eigenvalue weighted by atomic mass is 9.94. The number of rotatable bonds is 6. The summed E-state index contributed by atoms with van der Waals surface area (Å²) in [6.45, 7) is 8.34. The van der Waals surface area contributed by atoms with Crippen molar-refractivity contribution in [2.45, 2.75) is 38.9 Å². The van der Waals surface area contributed by atoms with Crippen molar-refractivity contribution in [3.05, 3.63) is 46.0 Å². The van der Waals surface area contributed by atoms with E-state index in [2.05, 4.69) is 27.8 Å². The predicted octanol–water partition coefficient (Wildman–Crippen LogP) is 5.47. The summed E-state index contributed by atoms with van der Waals surface area (Å²) in [4.78, 5) is 0. The Hall–Kier alpha value is -0.810. The summed E-state index contributed by atoms with van der Waals surface area (Å²) in [5.41, 5.74) is 0.617. The lowest BCUT2D eigenvalue weighted by Crippen LogP contribution is -2.24. The molecule has 1 rings (SSSR count). The zero-order valence-electron chi connectivity index (χ0n) is 11.6. The SMILES string of the molecule is C=C(CC)CC(NCC)c1ccc(Br)cc1C(F)(F)F. The predicted molar refractivity (Wildman–Crippen MR) is 79.6 cm³/mol. The summed E-state index contributed by atoms with van der Waals surface area (Å²) in [6, 6.07) is 3.94. The standard InChI is InChI=1S/C15H19BrF3N/c1-4-10(3)8-14(20-5-2)12-7-6-11(16)9-13(12)15(17,18)19/h6-7,9,14,20H,3-5,8H2,1-2H3. The van der Waals surface area contributed by atoms with Crippen LogP contribution in [0, 0.1) is 0 Å². The van der Waals surface area contributed by atoms with Crippen LogP contribution < -0.4 is 5.32 Å². The molecule has 0 aliphatic carbocycles. The van der Waals surface area contributed by atoms with Gasteiger partial charge < -0.3 is 5.32 Å². The van der Waals surface area contributed by atoms with Gasteiger partial charge in [-0.15, -0.1) is 0 Å². The maximum absolute atomic E-state index is 13.2. The molecular formula is C15H19BrF3N. The van der Waals surface area contributed by atoms with Crippen molar-refractivity contribution >= 4 is 15.9 Å². The number of hydrogen-bond donors (Lipinski definition) is 1. The largest absolute Gasteiger partial charge is 0.416 e. The lowest BCUT2D eigenvalue weighted by molar-refractivity contribution is -0.138. The quantitative estimate of drug-likeness (QED) is 0.671. The van der Waals surface area contributed by atoms with Gasteiger partial charge in [0.25, 0.3) is 0 Å². The molecule has 1 nitrogen and oxygen atoms in total. The minimum Gasteiger partial charge on any atom is -0.310 e. The van der Waals surface area contributed by atoms with E-state index < -0.39 is 11.7 Å². The van der Waals surface area contributed by atoms with Crippen LogP contribution >= 0.6 is 15.9 Å². The molecular weight excluding hydrogens is 331 g/mol. The third-order valence-corrected chi connectivity index (χ3v) is 3.63. The van der Waals surface area contributed by atoms with Crippen LogP contribution in [0.3, 0.4) is 0 Å². The molecule has 112 valence electrons. The van der Waals surface area contributed by atoms with Crippen molar-refractivity contribution in [3.63, 3.8) is 0 Å². The number of benzene rings is 1. The smallest absolute Gasteiger partial charge is 0.310 e. The van der Waals surface area contributed by atoms with E-state index in [0.29, 0.717) is 17.4 Å². The maximum Gasteiger partial charge on any atom is 0.416 e. The minimum atomic E-state index is -4.36. The molecule has 1 N–H and O–H groups in total. The van der Waals surface area contributed by atoms with Gasteiger partial charge in [-0.2, -0.15) is 13.2 Å². The molecule has 5 heteroatoms. The van der Waals surface area contributed by atoms with Crippen molar-refractivity contribution in [1.29, 1.82) is 0 Å². The molecule has 0 bridgehead atoms. The molecule has 0 aliphatic heterocycles. The van der Waals surface area contributed by atoms with Crippen LogP contribution in [0.1, 0.15) is 43.9 Å². The fourth-order valence-corrected chi connectivity index (χ4v) is 2.41. The molecule has 0 aliphatic rings. The fraction of sp³-hybridized carbons (Fsp3) is 0.467. The molecule has 1 unspecified atom stereocenters. The van der Waals surface area contributed by atoms with Crippen molar-refractivity contribution in [3.8, 4) is 0 Å². The normalized spacial score (nSPS) is 13.3. The van der Waals surface area contributed by atoms with Crippen molar-refractivity contribution < 1.29 is 13.2 Å². The Balaban J connectivity index is 3.22.